The molecular formula is C18H18N2O3. The van der Waals surface area contributed by atoms with Crippen LogP contribution in [0.5, 0.6) is 0 Å². The number of amides is 2. The quantitative estimate of drug-likeness (QED) is 0.850. The van der Waals surface area contributed by atoms with E-state index in [1.54, 1.807) is 42.5 Å². The first-order valence-corrected chi connectivity index (χ1v) is 7.17. The summed E-state index contributed by atoms with van der Waals surface area (Å²) < 4.78 is 0. The molecule has 0 spiro atoms. The van der Waals surface area contributed by atoms with E-state index >= 15 is 0 Å². The van der Waals surface area contributed by atoms with Crippen LogP contribution in [0.4, 0.5) is 11.4 Å². The second-order valence-corrected chi connectivity index (χ2v) is 5.30. The van der Waals surface area contributed by atoms with Crippen molar-refractivity contribution < 1.29 is 14.4 Å². The van der Waals surface area contributed by atoms with Crippen LogP contribution in [0.2, 0.25) is 0 Å². The van der Waals surface area contributed by atoms with Gasteiger partial charge >= 0.3 is 0 Å². The molecule has 0 aromatic heterocycles. The van der Waals surface area contributed by atoms with Crippen LogP contribution in [0.1, 0.15) is 40.1 Å². The minimum Gasteiger partial charge on any atom is -0.326 e. The highest BCUT2D eigenvalue weighted by molar-refractivity contribution is 6.06. The van der Waals surface area contributed by atoms with Gasteiger partial charge in [0.1, 0.15) is 0 Å². The molecule has 0 saturated carbocycles. The highest BCUT2D eigenvalue weighted by Gasteiger charge is 2.10. The van der Waals surface area contributed by atoms with E-state index in [0.717, 1.165) is 5.56 Å². The molecule has 2 N–H and O–H groups in total. The second-order valence-electron chi connectivity index (χ2n) is 5.30. The normalized spacial score (nSPS) is 10.0. The van der Waals surface area contributed by atoms with Crippen molar-refractivity contribution >= 4 is 29.0 Å². The Kier molecular flexibility index (Phi) is 4.91. The minimum atomic E-state index is -0.275. The standard InChI is InChI=1S/C18H18N2O3/c1-11-4-5-15(12(2)21)10-17(11)20-18(23)14-6-8-16(9-7-14)19-13(3)22/h4-10H,1-3H3,(H,19,22)(H,20,23). The van der Waals surface area contributed by atoms with Crippen LogP contribution in [0.25, 0.3) is 0 Å². The molecule has 0 fully saturated rings. The van der Waals surface area contributed by atoms with Gasteiger partial charge in [0.05, 0.1) is 0 Å². The zero-order chi connectivity index (χ0) is 17.0. The van der Waals surface area contributed by atoms with Gasteiger partial charge in [-0.2, -0.15) is 0 Å². The first-order valence-electron chi connectivity index (χ1n) is 7.17. The Labute approximate surface area is 134 Å². The number of carbonyl (C=O) groups is 3. The molecule has 2 amide bonds. The smallest absolute Gasteiger partial charge is 0.255 e. The van der Waals surface area contributed by atoms with Crippen LogP contribution in [-0.4, -0.2) is 17.6 Å². The fourth-order valence-electron chi connectivity index (χ4n) is 2.08. The van der Waals surface area contributed by atoms with Gasteiger partial charge < -0.3 is 10.6 Å². The second kappa shape index (κ2) is 6.87. The monoisotopic (exact) mass is 310 g/mol. The molecule has 0 radical (unpaired) electrons. The van der Waals surface area contributed by atoms with Crippen LogP contribution in [0.15, 0.2) is 42.5 Å². The lowest BCUT2D eigenvalue weighted by Crippen LogP contribution is -2.13. The number of hydrogen-bond acceptors (Lipinski definition) is 3. The third kappa shape index (κ3) is 4.26. The molecule has 23 heavy (non-hydrogen) atoms. The Morgan fingerprint density at radius 1 is 0.826 bits per heavy atom. The predicted octanol–water partition coefficient (Wildman–Crippen LogP) is 3.41. The van der Waals surface area contributed by atoms with E-state index in [1.165, 1.54) is 13.8 Å². The van der Waals surface area contributed by atoms with Crippen molar-refractivity contribution in [3.63, 3.8) is 0 Å². The lowest BCUT2D eigenvalue weighted by Gasteiger charge is -2.10. The molecular weight excluding hydrogens is 292 g/mol. The maximum absolute atomic E-state index is 12.3. The van der Waals surface area contributed by atoms with Gasteiger partial charge in [-0.1, -0.05) is 12.1 Å². The van der Waals surface area contributed by atoms with E-state index in [4.69, 9.17) is 0 Å². The molecule has 2 aromatic rings. The van der Waals surface area contributed by atoms with Gasteiger partial charge in [0, 0.05) is 29.4 Å². The summed E-state index contributed by atoms with van der Waals surface area (Å²) in [5.41, 5.74) is 3.12. The third-order valence-electron chi connectivity index (χ3n) is 3.36. The van der Waals surface area contributed by atoms with Gasteiger partial charge in [-0.3, -0.25) is 14.4 Å². The largest absolute Gasteiger partial charge is 0.326 e. The summed E-state index contributed by atoms with van der Waals surface area (Å²) in [4.78, 5) is 34.7. The summed E-state index contributed by atoms with van der Waals surface area (Å²) in [5.74, 6) is -0.498. The van der Waals surface area contributed by atoms with Gasteiger partial charge in [0.2, 0.25) is 5.91 Å². The van der Waals surface area contributed by atoms with Gasteiger partial charge in [0.15, 0.2) is 5.78 Å². The predicted molar refractivity (Wildman–Crippen MR) is 89.9 cm³/mol. The van der Waals surface area contributed by atoms with Crippen molar-refractivity contribution in [1.29, 1.82) is 0 Å². The number of aryl methyl sites for hydroxylation is 1. The average molecular weight is 310 g/mol. The molecule has 0 aliphatic heterocycles. The van der Waals surface area contributed by atoms with Crippen molar-refractivity contribution in [2.45, 2.75) is 20.8 Å². The Hall–Kier alpha value is -2.95. The lowest BCUT2D eigenvalue weighted by molar-refractivity contribution is -0.114. The maximum Gasteiger partial charge on any atom is 0.255 e. The van der Waals surface area contributed by atoms with Crippen molar-refractivity contribution in [3.8, 4) is 0 Å². The van der Waals surface area contributed by atoms with Crippen molar-refractivity contribution in [2.24, 2.45) is 0 Å². The number of Topliss-reactive ketones (excluding diaryl/α,β-unsaturated/α-hetero) is 1. The SMILES string of the molecule is CC(=O)Nc1ccc(C(=O)Nc2cc(C(C)=O)ccc2C)cc1. The Bertz CT molecular complexity index is 764. The molecule has 5 nitrogen and oxygen atoms in total. The molecule has 0 aliphatic rings. The number of rotatable bonds is 4. The van der Waals surface area contributed by atoms with Crippen molar-refractivity contribution in [1.82, 2.24) is 0 Å². The van der Waals surface area contributed by atoms with Crippen molar-refractivity contribution in [3.05, 3.63) is 59.2 Å². The molecule has 0 heterocycles. The van der Waals surface area contributed by atoms with Crippen LogP contribution in [-0.2, 0) is 4.79 Å². The number of ketones is 1. The number of anilines is 2. The van der Waals surface area contributed by atoms with E-state index in [1.807, 2.05) is 6.92 Å². The van der Waals surface area contributed by atoms with E-state index in [9.17, 15) is 14.4 Å². The van der Waals surface area contributed by atoms with E-state index in [2.05, 4.69) is 10.6 Å². The van der Waals surface area contributed by atoms with Gasteiger partial charge in [-0.05, 0) is 49.7 Å². The van der Waals surface area contributed by atoms with Crippen molar-refractivity contribution in [2.75, 3.05) is 10.6 Å². The highest BCUT2D eigenvalue weighted by Crippen LogP contribution is 2.19. The first-order chi connectivity index (χ1) is 10.9. The van der Waals surface area contributed by atoms with Crippen LogP contribution in [0.3, 0.4) is 0 Å². The van der Waals surface area contributed by atoms with Gasteiger partial charge in [-0.25, -0.2) is 0 Å². The molecule has 5 heteroatoms. The summed E-state index contributed by atoms with van der Waals surface area (Å²) in [5, 5.41) is 5.45. The van der Waals surface area contributed by atoms with Gasteiger partial charge in [-0.15, -0.1) is 0 Å². The highest BCUT2D eigenvalue weighted by atomic mass is 16.2. The van der Waals surface area contributed by atoms with Gasteiger partial charge in [0.25, 0.3) is 5.91 Å². The zero-order valence-corrected chi connectivity index (χ0v) is 13.3. The minimum absolute atomic E-state index is 0.0554. The average Bonchev–Trinajstić information content (AvgIpc) is 2.49. The van der Waals surface area contributed by atoms with Crippen LogP contribution < -0.4 is 10.6 Å². The summed E-state index contributed by atoms with van der Waals surface area (Å²) >= 11 is 0. The topological polar surface area (TPSA) is 75.3 Å². The molecule has 0 atom stereocenters. The van der Waals surface area contributed by atoms with E-state index in [-0.39, 0.29) is 17.6 Å². The maximum atomic E-state index is 12.3. The molecule has 0 saturated heterocycles. The summed E-state index contributed by atoms with van der Waals surface area (Å²) in [7, 11) is 0. The molecule has 118 valence electrons. The number of benzene rings is 2. The zero-order valence-electron chi connectivity index (χ0n) is 13.3. The van der Waals surface area contributed by atoms with Crippen LogP contribution >= 0.6 is 0 Å². The summed E-state index contributed by atoms with van der Waals surface area (Å²) in [6, 6.07) is 11.8. The number of nitrogens with one attached hydrogen (secondary N) is 2. The third-order valence-corrected chi connectivity index (χ3v) is 3.36. The van der Waals surface area contributed by atoms with E-state index < -0.39 is 0 Å². The molecule has 0 aliphatic carbocycles. The lowest BCUT2D eigenvalue weighted by atomic mass is 10.1. The van der Waals surface area contributed by atoms with Crippen LogP contribution in [0, 0.1) is 6.92 Å². The Morgan fingerprint density at radius 2 is 1.43 bits per heavy atom. The summed E-state index contributed by atoms with van der Waals surface area (Å²) in [6.45, 7) is 4.77. The fraction of sp³-hybridized carbons (Fsp3) is 0.167. The molecule has 0 unspecified atom stereocenters. The Morgan fingerprint density at radius 3 is 2.00 bits per heavy atom. The Balaban J connectivity index is 2.17. The first kappa shape index (κ1) is 16.4. The number of hydrogen-bond donors (Lipinski definition) is 2. The molecule has 0 bridgehead atoms. The fourth-order valence-corrected chi connectivity index (χ4v) is 2.08. The molecule has 2 rings (SSSR count). The summed E-state index contributed by atoms with van der Waals surface area (Å²) in [6.07, 6.45) is 0. The van der Waals surface area contributed by atoms with E-state index in [0.29, 0.717) is 22.5 Å². The number of carbonyl (C=O) groups excluding carboxylic acids is 3. The molecule has 2 aromatic carbocycles.